The van der Waals surface area contributed by atoms with Gasteiger partial charge in [0.05, 0.1) is 6.07 Å². The lowest BCUT2D eigenvalue weighted by Crippen LogP contribution is -2.49. The van der Waals surface area contributed by atoms with E-state index in [1.54, 1.807) is 0 Å². The minimum absolute atomic E-state index is 0.374. The van der Waals surface area contributed by atoms with Gasteiger partial charge in [0.25, 0.3) is 0 Å². The van der Waals surface area contributed by atoms with Crippen molar-refractivity contribution in [3.63, 3.8) is 0 Å². The lowest BCUT2D eigenvalue weighted by atomic mass is 10.00. The van der Waals surface area contributed by atoms with E-state index < -0.39 is 0 Å². The van der Waals surface area contributed by atoms with Crippen LogP contribution < -0.4 is 5.32 Å². The molecule has 17 heavy (non-hydrogen) atoms. The number of nitrogens with zero attached hydrogens (tertiary/aromatic N) is 3. The van der Waals surface area contributed by atoms with E-state index in [4.69, 9.17) is 5.26 Å². The highest BCUT2D eigenvalue weighted by atomic mass is 15.3. The van der Waals surface area contributed by atoms with Crippen LogP contribution in [0.5, 0.6) is 0 Å². The summed E-state index contributed by atoms with van der Waals surface area (Å²) in [5.41, 5.74) is -0.374. The molecule has 1 fully saturated rings. The summed E-state index contributed by atoms with van der Waals surface area (Å²) in [5, 5.41) is 12.2. The van der Waals surface area contributed by atoms with Crippen molar-refractivity contribution in [1.29, 1.82) is 5.26 Å². The van der Waals surface area contributed by atoms with Gasteiger partial charge in [-0.25, -0.2) is 0 Å². The first-order valence-electron chi connectivity index (χ1n) is 6.68. The summed E-state index contributed by atoms with van der Waals surface area (Å²) in [7, 11) is 1.86. The SMILES string of the molecule is CCCN1CCN(CCC(C)(C#N)NC)CC1. The maximum atomic E-state index is 9.09. The van der Waals surface area contributed by atoms with Gasteiger partial charge in [-0.3, -0.25) is 0 Å². The van der Waals surface area contributed by atoms with Crippen molar-refractivity contribution >= 4 is 0 Å². The molecule has 0 aromatic rings. The maximum Gasteiger partial charge on any atom is 0.104 e. The van der Waals surface area contributed by atoms with Crippen LogP contribution in [0, 0.1) is 11.3 Å². The van der Waals surface area contributed by atoms with Crippen LogP contribution in [-0.4, -0.2) is 61.7 Å². The van der Waals surface area contributed by atoms with Crippen LogP contribution in [0.4, 0.5) is 0 Å². The number of hydrogen-bond acceptors (Lipinski definition) is 4. The summed E-state index contributed by atoms with van der Waals surface area (Å²) >= 11 is 0. The maximum absolute atomic E-state index is 9.09. The van der Waals surface area contributed by atoms with E-state index >= 15 is 0 Å². The zero-order valence-electron chi connectivity index (χ0n) is 11.5. The fourth-order valence-electron chi connectivity index (χ4n) is 2.17. The van der Waals surface area contributed by atoms with Gasteiger partial charge < -0.3 is 15.1 Å². The summed E-state index contributed by atoms with van der Waals surface area (Å²) in [6.45, 7) is 11.1. The van der Waals surface area contributed by atoms with Crippen molar-refractivity contribution in [2.75, 3.05) is 46.3 Å². The molecule has 1 atom stereocenters. The number of nitrogens with one attached hydrogen (secondary N) is 1. The quantitative estimate of drug-likeness (QED) is 0.747. The molecule has 0 amide bonds. The van der Waals surface area contributed by atoms with Gasteiger partial charge in [-0.05, 0) is 33.4 Å². The first-order chi connectivity index (χ1) is 8.13. The Morgan fingerprint density at radius 1 is 1.18 bits per heavy atom. The fraction of sp³-hybridized carbons (Fsp3) is 0.923. The molecule has 4 heteroatoms. The average Bonchev–Trinajstić information content (AvgIpc) is 2.38. The molecule has 98 valence electrons. The highest BCUT2D eigenvalue weighted by Crippen LogP contribution is 2.10. The summed E-state index contributed by atoms with van der Waals surface area (Å²) in [5.74, 6) is 0. The highest BCUT2D eigenvalue weighted by molar-refractivity contribution is 5.03. The number of rotatable bonds is 6. The Balaban J connectivity index is 2.25. The molecule has 0 aromatic heterocycles. The minimum Gasteiger partial charge on any atom is -0.303 e. The second-order valence-corrected chi connectivity index (χ2v) is 5.13. The van der Waals surface area contributed by atoms with Gasteiger partial charge in [0.2, 0.25) is 0 Å². The number of nitriles is 1. The first kappa shape index (κ1) is 14.4. The van der Waals surface area contributed by atoms with E-state index in [0.717, 1.165) is 26.1 Å². The normalized spacial score (nSPS) is 22.0. The Morgan fingerprint density at radius 3 is 2.12 bits per heavy atom. The van der Waals surface area contributed by atoms with E-state index in [9.17, 15) is 0 Å². The lowest BCUT2D eigenvalue weighted by molar-refractivity contribution is 0.126. The molecule has 0 spiro atoms. The Hall–Kier alpha value is -0.630. The highest BCUT2D eigenvalue weighted by Gasteiger charge is 2.23. The van der Waals surface area contributed by atoms with Crippen molar-refractivity contribution < 1.29 is 0 Å². The summed E-state index contributed by atoms with van der Waals surface area (Å²) in [6.07, 6.45) is 2.14. The lowest BCUT2D eigenvalue weighted by Gasteiger charge is -2.35. The van der Waals surface area contributed by atoms with Gasteiger partial charge >= 0.3 is 0 Å². The van der Waals surface area contributed by atoms with Crippen LogP contribution in [0.25, 0.3) is 0 Å². The Kier molecular flexibility index (Phi) is 5.90. The molecule has 1 aliphatic heterocycles. The molecule has 0 saturated carbocycles. The summed E-state index contributed by atoms with van der Waals surface area (Å²) < 4.78 is 0. The molecule has 1 aliphatic rings. The second kappa shape index (κ2) is 6.95. The van der Waals surface area contributed by atoms with E-state index in [-0.39, 0.29) is 5.54 Å². The number of piperazine rings is 1. The monoisotopic (exact) mass is 238 g/mol. The van der Waals surface area contributed by atoms with Crippen LogP contribution in [-0.2, 0) is 0 Å². The van der Waals surface area contributed by atoms with E-state index in [2.05, 4.69) is 28.1 Å². The zero-order chi connectivity index (χ0) is 12.7. The van der Waals surface area contributed by atoms with Crippen LogP contribution in [0.1, 0.15) is 26.7 Å². The minimum atomic E-state index is -0.374. The average molecular weight is 238 g/mol. The third-order valence-corrected chi connectivity index (χ3v) is 3.73. The molecule has 0 bridgehead atoms. The third-order valence-electron chi connectivity index (χ3n) is 3.73. The summed E-state index contributed by atoms with van der Waals surface area (Å²) in [4.78, 5) is 5.00. The standard InChI is InChI=1S/C13H26N4/c1-4-6-16-8-10-17(11-9-16)7-5-13(2,12-14)15-3/h15H,4-11H2,1-3H3. The number of hydrogen-bond donors (Lipinski definition) is 1. The molecule has 1 heterocycles. The molecule has 1 unspecified atom stereocenters. The predicted octanol–water partition coefficient (Wildman–Crippen LogP) is 0.906. The van der Waals surface area contributed by atoms with Crippen LogP contribution in [0.2, 0.25) is 0 Å². The smallest absolute Gasteiger partial charge is 0.104 e. The zero-order valence-corrected chi connectivity index (χ0v) is 11.5. The van der Waals surface area contributed by atoms with E-state index in [0.29, 0.717) is 0 Å². The molecule has 1 N–H and O–H groups in total. The first-order valence-corrected chi connectivity index (χ1v) is 6.68. The summed E-state index contributed by atoms with van der Waals surface area (Å²) in [6, 6.07) is 2.35. The molecule has 1 rings (SSSR count). The van der Waals surface area contributed by atoms with Crippen molar-refractivity contribution in [3.8, 4) is 6.07 Å². The van der Waals surface area contributed by atoms with Crippen molar-refractivity contribution in [2.24, 2.45) is 0 Å². The Labute approximate surface area is 106 Å². The Bertz CT molecular complexity index is 253. The van der Waals surface area contributed by atoms with Gasteiger partial charge in [0, 0.05) is 32.7 Å². The second-order valence-electron chi connectivity index (χ2n) is 5.13. The van der Waals surface area contributed by atoms with Crippen molar-refractivity contribution in [3.05, 3.63) is 0 Å². The molecule has 4 nitrogen and oxygen atoms in total. The molecular formula is C13H26N4. The van der Waals surface area contributed by atoms with Crippen molar-refractivity contribution in [1.82, 2.24) is 15.1 Å². The van der Waals surface area contributed by atoms with Gasteiger partial charge in [0.15, 0.2) is 0 Å². The largest absolute Gasteiger partial charge is 0.303 e. The van der Waals surface area contributed by atoms with Crippen molar-refractivity contribution in [2.45, 2.75) is 32.2 Å². The Morgan fingerprint density at radius 2 is 1.71 bits per heavy atom. The van der Waals surface area contributed by atoms with Gasteiger partial charge in [-0.1, -0.05) is 6.92 Å². The third kappa shape index (κ3) is 4.63. The van der Waals surface area contributed by atoms with Crippen LogP contribution in [0.3, 0.4) is 0 Å². The fourth-order valence-corrected chi connectivity index (χ4v) is 2.17. The molecular weight excluding hydrogens is 212 g/mol. The van der Waals surface area contributed by atoms with Gasteiger partial charge in [-0.2, -0.15) is 5.26 Å². The van der Waals surface area contributed by atoms with E-state index in [1.807, 2.05) is 14.0 Å². The van der Waals surface area contributed by atoms with Gasteiger partial charge in [-0.15, -0.1) is 0 Å². The molecule has 1 saturated heterocycles. The molecule has 0 aliphatic carbocycles. The van der Waals surface area contributed by atoms with Crippen LogP contribution >= 0.6 is 0 Å². The molecule has 0 aromatic carbocycles. The van der Waals surface area contributed by atoms with E-state index in [1.165, 1.54) is 26.1 Å². The van der Waals surface area contributed by atoms with Gasteiger partial charge in [0.1, 0.15) is 5.54 Å². The topological polar surface area (TPSA) is 42.3 Å². The van der Waals surface area contributed by atoms with Crippen LogP contribution in [0.15, 0.2) is 0 Å². The molecule has 0 radical (unpaired) electrons. The predicted molar refractivity (Wildman–Crippen MR) is 70.9 cm³/mol.